The second-order valence-corrected chi connectivity index (χ2v) is 8.38. The number of halogens is 2. The van der Waals surface area contributed by atoms with Crippen LogP contribution < -0.4 is 4.90 Å². The lowest BCUT2D eigenvalue weighted by atomic mass is 10.0. The van der Waals surface area contributed by atoms with Crippen molar-refractivity contribution >= 4 is 11.9 Å². The topological polar surface area (TPSA) is 75.1 Å². The Morgan fingerprint density at radius 1 is 0.938 bits per heavy atom. The Balaban J connectivity index is 1.34. The third kappa shape index (κ3) is 3.47. The molecule has 2 aromatic heterocycles. The molecule has 4 heterocycles. The van der Waals surface area contributed by atoms with Crippen LogP contribution in [0.2, 0.25) is 0 Å². The zero-order valence-corrected chi connectivity index (χ0v) is 17.8. The fourth-order valence-corrected chi connectivity index (χ4v) is 4.68. The number of carbonyl (C=O) groups excluding carboxylic acids is 1. The number of hydrogen-bond donors (Lipinski definition) is 0. The standard InChI is InChI=1S/C23H22F2N6O/c1-13-20(25)14(2)29-23(28-13)31-11-15-9-30(10-16(15)12-31)22(32)17-5-3-6-18(24)19(17)21-26-7-4-8-27-21/h3-8,15-16H,9-12H2,1-2H3. The molecule has 0 saturated carbocycles. The van der Waals surface area contributed by atoms with E-state index in [9.17, 15) is 13.6 Å². The zero-order valence-electron chi connectivity index (χ0n) is 17.8. The van der Waals surface area contributed by atoms with Gasteiger partial charge in [-0.05, 0) is 32.0 Å². The van der Waals surface area contributed by atoms with E-state index in [1.807, 2.05) is 0 Å². The Bertz CT molecular complexity index is 1150. The summed E-state index contributed by atoms with van der Waals surface area (Å²) in [5, 5.41) is 0. The average molecular weight is 436 g/mol. The third-order valence-electron chi connectivity index (χ3n) is 6.26. The van der Waals surface area contributed by atoms with Gasteiger partial charge < -0.3 is 9.80 Å². The maximum Gasteiger partial charge on any atom is 0.254 e. The second-order valence-electron chi connectivity index (χ2n) is 8.38. The minimum Gasteiger partial charge on any atom is -0.340 e. The SMILES string of the molecule is Cc1nc(N2CC3CN(C(=O)c4cccc(F)c4-c4ncccn4)CC3C2)nc(C)c1F. The number of likely N-dealkylation sites (tertiary alicyclic amines) is 1. The van der Waals surface area contributed by atoms with Crippen LogP contribution in [0.5, 0.6) is 0 Å². The van der Waals surface area contributed by atoms with Crippen LogP contribution in [0.3, 0.4) is 0 Å². The lowest BCUT2D eigenvalue weighted by Gasteiger charge is -2.23. The first kappa shape index (κ1) is 20.4. The first-order valence-corrected chi connectivity index (χ1v) is 10.5. The first-order valence-electron chi connectivity index (χ1n) is 10.5. The highest BCUT2D eigenvalue weighted by Gasteiger charge is 2.43. The third-order valence-corrected chi connectivity index (χ3v) is 6.26. The van der Waals surface area contributed by atoms with E-state index < -0.39 is 5.82 Å². The normalized spacial score (nSPS) is 20.0. The maximum absolute atomic E-state index is 14.6. The van der Waals surface area contributed by atoms with Gasteiger partial charge >= 0.3 is 0 Å². The van der Waals surface area contributed by atoms with Gasteiger partial charge in [0.25, 0.3) is 5.91 Å². The lowest BCUT2D eigenvalue weighted by molar-refractivity contribution is 0.0783. The molecule has 0 radical (unpaired) electrons. The summed E-state index contributed by atoms with van der Waals surface area (Å²) < 4.78 is 28.5. The number of anilines is 1. The maximum atomic E-state index is 14.6. The van der Waals surface area contributed by atoms with Crippen molar-refractivity contribution in [3.8, 4) is 11.4 Å². The summed E-state index contributed by atoms with van der Waals surface area (Å²) in [7, 11) is 0. The summed E-state index contributed by atoms with van der Waals surface area (Å²) in [5.74, 6) is 0.0973. The monoisotopic (exact) mass is 436 g/mol. The molecular formula is C23H22F2N6O. The van der Waals surface area contributed by atoms with Crippen molar-refractivity contribution in [3.63, 3.8) is 0 Å². The molecule has 2 aliphatic rings. The quantitative estimate of drug-likeness (QED) is 0.628. The highest BCUT2D eigenvalue weighted by molar-refractivity contribution is 6.00. The van der Waals surface area contributed by atoms with Gasteiger partial charge in [0.2, 0.25) is 5.95 Å². The van der Waals surface area contributed by atoms with Gasteiger partial charge in [-0.2, -0.15) is 0 Å². The highest BCUT2D eigenvalue weighted by Crippen LogP contribution is 2.35. The molecule has 1 amide bonds. The van der Waals surface area contributed by atoms with Crippen molar-refractivity contribution in [1.29, 1.82) is 0 Å². The molecule has 0 aliphatic carbocycles. The predicted octanol–water partition coefficient (Wildman–Crippen LogP) is 3.04. The van der Waals surface area contributed by atoms with Gasteiger partial charge in [-0.3, -0.25) is 4.79 Å². The Morgan fingerprint density at radius 2 is 1.56 bits per heavy atom. The molecular weight excluding hydrogens is 414 g/mol. The summed E-state index contributed by atoms with van der Waals surface area (Å²) in [5.41, 5.74) is 1.06. The number of carbonyl (C=O) groups is 1. The Kier molecular flexibility index (Phi) is 5.03. The van der Waals surface area contributed by atoms with Crippen molar-refractivity contribution in [2.24, 2.45) is 11.8 Å². The van der Waals surface area contributed by atoms with Gasteiger partial charge in [0.1, 0.15) is 5.82 Å². The van der Waals surface area contributed by atoms with Crippen molar-refractivity contribution in [2.75, 3.05) is 31.1 Å². The summed E-state index contributed by atoms with van der Waals surface area (Å²) in [6.45, 7) is 5.78. The second kappa shape index (κ2) is 7.89. The van der Waals surface area contributed by atoms with Crippen LogP contribution >= 0.6 is 0 Å². The van der Waals surface area contributed by atoms with Gasteiger partial charge in [0.05, 0.1) is 22.5 Å². The fraction of sp³-hybridized carbons (Fsp3) is 0.348. The molecule has 9 heteroatoms. The largest absolute Gasteiger partial charge is 0.340 e. The molecule has 5 rings (SSSR count). The Hall–Kier alpha value is -3.49. The van der Waals surface area contributed by atoms with E-state index in [1.165, 1.54) is 24.5 Å². The molecule has 164 valence electrons. The van der Waals surface area contributed by atoms with Crippen LogP contribution in [0.4, 0.5) is 14.7 Å². The first-order chi connectivity index (χ1) is 15.4. The number of hydrogen-bond acceptors (Lipinski definition) is 6. The molecule has 2 saturated heterocycles. The highest BCUT2D eigenvalue weighted by atomic mass is 19.1. The molecule has 32 heavy (non-hydrogen) atoms. The summed E-state index contributed by atoms with van der Waals surface area (Å²) in [6, 6.07) is 6.11. The molecule has 1 aromatic carbocycles. The Labute approximate surface area is 184 Å². The van der Waals surface area contributed by atoms with Crippen LogP contribution in [0.25, 0.3) is 11.4 Å². The van der Waals surface area contributed by atoms with E-state index in [0.29, 0.717) is 43.5 Å². The van der Waals surface area contributed by atoms with E-state index >= 15 is 0 Å². The molecule has 0 bridgehead atoms. The summed E-state index contributed by atoms with van der Waals surface area (Å²) in [4.78, 5) is 34.0. The summed E-state index contributed by atoms with van der Waals surface area (Å²) in [6.07, 6.45) is 3.05. The Morgan fingerprint density at radius 3 is 2.19 bits per heavy atom. The van der Waals surface area contributed by atoms with E-state index in [4.69, 9.17) is 0 Å². The van der Waals surface area contributed by atoms with Gasteiger partial charge in [0, 0.05) is 50.4 Å². The van der Waals surface area contributed by atoms with Crippen molar-refractivity contribution in [2.45, 2.75) is 13.8 Å². The number of rotatable bonds is 3. The molecule has 2 aliphatic heterocycles. The molecule has 3 aromatic rings. The average Bonchev–Trinajstić information content (AvgIpc) is 3.36. The van der Waals surface area contributed by atoms with E-state index in [0.717, 1.165) is 0 Å². The van der Waals surface area contributed by atoms with Gasteiger partial charge in [-0.25, -0.2) is 28.7 Å². The molecule has 2 fully saturated rings. The van der Waals surface area contributed by atoms with Crippen molar-refractivity contribution in [3.05, 3.63) is 65.2 Å². The minimum atomic E-state index is -0.521. The van der Waals surface area contributed by atoms with Gasteiger partial charge in [-0.15, -0.1) is 0 Å². The molecule has 7 nitrogen and oxygen atoms in total. The number of amides is 1. The van der Waals surface area contributed by atoms with Gasteiger partial charge in [0.15, 0.2) is 11.6 Å². The number of aromatic nitrogens is 4. The summed E-state index contributed by atoms with van der Waals surface area (Å²) >= 11 is 0. The van der Waals surface area contributed by atoms with Crippen LogP contribution in [-0.2, 0) is 0 Å². The van der Waals surface area contributed by atoms with Crippen molar-refractivity contribution in [1.82, 2.24) is 24.8 Å². The number of aryl methyl sites for hydroxylation is 2. The number of benzene rings is 1. The molecule has 2 atom stereocenters. The van der Waals surface area contributed by atoms with E-state index in [-0.39, 0.29) is 40.5 Å². The van der Waals surface area contributed by atoms with Crippen LogP contribution in [0.15, 0.2) is 36.7 Å². The molecule has 0 N–H and O–H groups in total. The smallest absolute Gasteiger partial charge is 0.254 e. The van der Waals surface area contributed by atoms with Gasteiger partial charge in [-0.1, -0.05) is 6.07 Å². The van der Waals surface area contributed by atoms with E-state index in [2.05, 4.69) is 24.8 Å². The fourth-order valence-electron chi connectivity index (χ4n) is 4.68. The van der Waals surface area contributed by atoms with Crippen LogP contribution in [0.1, 0.15) is 21.7 Å². The predicted molar refractivity (Wildman–Crippen MR) is 114 cm³/mol. The number of nitrogens with zero attached hydrogens (tertiary/aromatic N) is 6. The lowest BCUT2D eigenvalue weighted by Crippen LogP contribution is -2.34. The molecule has 2 unspecified atom stereocenters. The van der Waals surface area contributed by atoms with Crippen LogP contribution in [0, 0.1) is 37.3 Å². The molecule has 0 spiro atoms. The van der Waals surface area contributed by atoms with Crippen molar-refractivity contribution < 1.29 is 13.6 Å². The minimum absolute atomic E-state index is 0.127. The van der Waals surface area contributed by atoms with Crippen LogP contribution in [-0.4, -0.2) is 56.9 Å². The van der Waals surface area contributed by atoms with E-state index in [1.54, 1.807) is 30.9 Å². The zero-order chi connectivity index (χ0) is 22.4. The number of fused-ring (bicyclic) bond motifs is 1.